The van der Waals surface area contributed by atoms with Crippen molar-refractivity contribution in [2.45, 2.75) is 27.7 Å². The lowest BCUT2D eigenvalue weighted by molar-refractivity contribution is 0.0765. The fraction of sp³-hybridized carbons (Fsp3) is 0.444. The highest BCUT2D eigenvalue weighted by molar-refractivity contribution is 7.08. The van der Waals surface area contributed by atoms with Crippen LogP contribution in [0.2, 0.25) is 0 Å². The minimum absolute atomic E-state index is 0.140. The third-order valence-electron chi connectivity index (χ3n) is 3.64. The molecular weight excluding hydrogens is 340 g/mol. The van der Waals surface area contributed by atoms with E-state index >= 15 is 0 Å². The van der Waals surface area contributed by atoms with Crippen LogP contribution in [0.15, 0.2) is 33.7 Å². The van der Waals surface area contributed by atoms with Crippen molar-refractivity contribution < 1.29 is 9.59 Å². The first kappa shape index (κ1) is 20.4. The Morgan fingerprint density at radius 2 is 1.08 bits per heavy atom. The number of rotatable bonds is 6. The fourth-order valence-corrected chi connectivity index (χ4v) is 3.42. The van der Waals surface area contributed by atoms with Crippen molar-refractivity contribution in [1.29, 1.82) is 0 Å². The van der Waals surface area contributed by atoms with Gasteiger partial charge in [-0.2, -0.15) is 22.7 Å². The lowest BCUT2D eigenvalue weighted by atomic mass is 10.3. The minimum atomic E-state index is 0.140. The quantitative estimate of drug-likeness (QED) is 0.757. The molecule has 2 aromatic rings. The van der Waals surface area contributed by atoms with Gasteiger partial charge in [-0.1, -0.05) is 0 Å². The molecule has 0 saturated carbocycles. The Hall–Kier alpha value is -1.66. The summed E-state index contributed by atoms with van der Waals surface area (Å²) in [5.41, 5.74) is 1.62. The van der Waals surface area contributed by atoms with Gasteiger partial charge < -0.3 is 9.80 Å². The van der Waals surface area contributed by atoms with Crippen molar-refractivity contribution in [3.63, 3.8) is 0 Å². The highest BCUT2D eigenvalue weighted by Crippen LogP contribution is 2.09. The summed E-state index contributed by atoms with van der Waals surface area (Å²) in [7, 11) is 0. The molecule has 2 heterocycles. The monoisotopic (exact) mass is 366 g/mol. The van der Waals surface area contributed by atoms with Crippen LogP contribution in [-0.2, 0) is 0 Å². The predicted octanol–water partition coefficient (Wildman–Crippen LogP) is 4.46. The summed E-state index contributed by atoms with van der Waals surface area (Å²) in [6.07, 6.45) is 0. The van der Waals surface area contributed by atoms with Crippen LogP contribution in [0.4, 0.5) is 0 Å². The number of carbonyl (C=O) groups excluding carboxylic acids is 2. The SMILES string of the molecule is CCN(CC)C(=O)c1ccsc1.CCN(CC)C(=O)c1ccsc1. The van der Waals surface area contributed by atoms with E-state index in [-0.39, 0.29) is 11.8 Å². The Bertz CT molecular complexity index is 532. The maximum atomic E-state index is 11.6. The lowest BCUT2D eigenvalue weighted by Crippen LogP contribution is -2.29. The number of nitrogens with zero attached hydrogens (tertiary/aromatic N) is 2. The molecule has 2 rings (SSSR count). The Labute approximate surface area is 152 Å². The standard InChI is InChI=1S/2C9H13NOS/c2*1-3-10(4-2)9(11)8-5-6-12-7-8/h2*5-7H,3-4H2,1-2H3. The predicted molar refractivity (Wildman–Crippen MR) is 103 cm³/mol. The first-order chi connectivity index (χ1) is 11.6. The summed E-state index contributed by atoms with van der Waals surface area (Å²) in [5, 5.41) is 7.63. The molecule has 0 bridgehead atoms. The van der Waals surface area contributed by atoms with E-state index in [4.69, 9.17) is 0 Å². The summed E-state index contributed by atoms with van der Waals surface area (Å²) >= 11 is 3.12. The van der Waals surface area contributed by atoms with E-state index < -0.39 is 0 Å². The van der Waals surface area contributed by atoms with Crippen molar-refractivity contribution in [2.24, 2.45) is 0 Å². The summed E-state index contributed by atoms with van der Waals surface area (Å²) in [4.78, 5) is 26.8. The highest BCUT2D eigenvalue weighted by atomic mass is 32.1. The van der Waals surface area contributed by atoms with Gasteiger partial charge >= 0.3 is 0 Å². The van der Waals surface area contributed by atoms with Gasteiger partial charge in [-0.25, -0.2) is 0 Å². The molecule has 2 aromatic heterocycles. The third-order valence-corrected chi connectivity index (χ3v) is 5.00. The smallest absolute Gasteiger partial charge is 0.254 e. The summed E-state index contributed by atoms with van der Waals surface area (Å²) < 4.78 is 0. The second-order valence-electron chi connectivity index (χ2n) is 4.98. The summed E-state index contributed by atoms with van der Waals surface area (Å²) in [5.74, 6) is 0.280. The van der Waals surface area contributed by atoms with E-state index in [0.29, 0.717) is 0 Å². The first-order valence-electron chi connectivity index (χ1n) is 8.21. The van der Waals surface area contributed by atoms with Gasteiger partial charge in [-0.3, -0.25) is 9.59 Å². The number of carbonyl (C=O) groups is 2. The van der Waals surface area contributed by atoms with Gasteiger partial charge in [-0.05, 0) is 50.6 Å². The average Bonchev–Trinajstić information content (AvgIpc) is 3.31. The van der Waals surface area contributed by atoms with Crippen molar-refractivity contribution in [3.8, 4) is 0 Å². The van der Waals surface area contributed by atoms with Crippen LogP contribution < -0.4 is 0 Å². The van der Waals surface area contributed by atoms with E-state index in [1.807, 2.05) is 71.1 Å². The van der Waals surface area contributed by atoms with E-state index in [9.17, 15) is 9.59 Å². The maximum Gasteiger partial charge on any atom is 0.254 e. The van der Waals surface area contributed by atoms with Gasteiger partial charge in [0.25, 0.3) is 11.8 Å². The molecule has 0 radical (unpaired) electrons. The number of amides is 2. The van der Waals surface area contributed by atoms with Crippen molar-refractivity contribution in [2.75, 3.05) is 26.2 Å². The second-order valence-corrected chi connectivity index (χ2v) is 6.54. The van der Waals surface area contributed by atoms with E-state index in [1.165, 1.54) is 0 Å². The molecule has 0 saturated heterocycles. The normalized spacial score (nSPS) is 9.83. The zero-order valence-electron chi connectivity index (χ0n) is 14.8. The average molecular weight is 367 g/mol. The molecule has 0 spiro atoms. The van der Waals surface area contributed by atoms with Gasteiger partial charge in [0.05, 0.1) is 11.1 Å². The topological polar surface area (TPSA) is 40.6 Å². The molecule has 2 amide bonds. The lowest BCUT2D eigenvalue weighted by Gasteiger charge is -2.17. The maximum absolute atomic E-state index is 11.6. The summed E-state index contributed by atoms with van der Waals surface area (Å²) in [6.45, 7) is 11.1. The zero-order valence-corrected chi connectivity index (χ0v) is 16.5. The Balaban J connectivity index is 0.000000240. The summed E-state index contributed by atoms with van der Waals surface area (Å²) in [6, 6.07) is 3.73. The molecule has 0 fully saturated rings. The Morgan fingerprint density at radius 1 is 0.750 bits per heavy atom. The van der Waals surface area contributed by atoms with Crippen LogP contribution >= 0.6 is 22.7 Å². The Morgan fingerprint density at radius 3 is 1.29 bits per heavy atom. The van der Waals surface area contributed by atoms with Crippen LogP contribution in [-0.4, -0.2) is 47.8 Å². The molecule has 0 N–H and O–H groups in total. The fourth-order valence-electron chi connectivity index (χ4n) is 2.16. The molecule has 132 valence electrons. The molecule has 0 atom stereocenters. The molecule has 6 heteroatoms. The minimum Gasteiger partial charge on any atom is -0.339 e. The number of thiophene rings is 2. The van der Waals surface area contributed by atoms with Crippen LogP contribution in [0.3, 0.4) is 0 Å². The van der Waals surface area contributed by atoms with Crippen molar-refractivity contribution in [3.05, 3.63) is 44.8 Å². The number of hydrogen-bond acceptors (Lipinski definition) is 4. The first-order valence-corrected chi connectivity index (χ1v) is 10.1. The second kappa shape index (κ2) is 11.0. The van der Waals surface area contributed by atoms with E-state index in [1.54, 1.807) is 22.7 Å². The molecule has 0 unspecified atom stereocenters. The molecule has 0 aromatic carbocycles. The largest absolute Gasteiger partial charge is 0.339 e. The third kappa shape index (κ3) is 5.76. The van der Waals surface area contributed by atoms with Gasteiger partial charge in [0.15, 0.2) is 0 Å². The van der Waals surface area contributed by atoms with Crippen LogP contribution in [0.1, 0.15) is 48.4 Å². The molecule has 0 aliphatic rings. The van der Waals surface area contributed by atoms with E-state index in [2.05, 4.69) is 0 Å². The molecule has 4 nitrogen and oxygen atoms in total. The molecule has 24 heavy (non-hydrogen) atoms. The Kier molecular flexibility index (Phi) is 9.34. The van der Waals surface area contributed by atoms with Gasteiger partial charge in [0.1, 0.15) is 0 Å². The van der Waals surface area contributed by atoms with Crippen LogP contribution in [0, 0.1) is 0 Å². The highest BCUT2D eigenvalue weighted by Gasteiger charge is 2.12. The van der Waals surface area contributed by atoms with Crippen molar-refractivity contribution >= 4 is 34.5 Å². The molecule has 0 aliphatic heterocycles. The van der Waals surface area contributed by atoms with Crippen LogP contribution in [0.5, 0.6) is 0 Å². The van der Waals surface area contributed by atoms with Crippen molar-refractivity contribution in [1.82, 2.24) is 9.80 Å². The van der Waals surface area contributed by atoms with Gasteiger partial charge in [0, 0.05) is 36.9 Å². The molecule has 0 aliphatic carbocycles. The van der Waals surface area contributed by atoms with E-state index in [0.717, 1.165) is 37.3 Å². The number of hydrogen-bond donors (Lipinski definition) is 0. The van der Waals surface area contributed by atoms with Crippen LogP contribution in [0.25, 0.3) is 0 Å². The van der Waals surface area contributed by atoms with Gasteiger partial charge in [0.2, 0.25) is 0 Å². The zero-order chi connectivity index (χ0) is 17.9. The van der Waals surface area contributed by atoms with Gasteiger partial charge in [-0.15, -0.1) is 0 Å². The molecular formula is C18H26N2O2S2.